The molecule has 2 rings (SSSR count). The molecule has 0 aliphatic carbocycles. The lowest BCUT2D eigenvalue weighted by atomic mass is 9.98. The number of aliphatic carboxylic acids is 2. The van der Waals surface area contributed by atoms with Crippen LogP contribution in [0.3, 0.4) is 0 Å². The summed E-state index contributed by atoms with van der Waals surface area (Å²) in [5.74, 6) is -1.95. The summed E-state index contributed by atoms with van der Waals surface area (Å²) in [7, 11) is 5.94. The van der Waals surface area contributed by atoms with Crippen molar-refractivity contribution in [3.63, 3.8) is 0 Å². The van der Waals surface area contributed by atoms with E-state index in [1.165, 1.54) is 5.56 Å². The fourth-order valence-electron chi connectivity index (χ4n) is 2.82. The van der Waals surface area contributed by atoms with Crippen molar-refractivity contribution in [1.29, 1.82) is 0 Å². The summed E-state index contributed by atoms with van der Waals surface area (Å²) in [6.07, 6.45) is 2.48. The van der Waals surface area contributed by atoms with E-state index in [0.29, 0.717) is 23.9 Å². The number of rotatable bonds is 9. The third kappa shape index (κ3) is 11.5. The van der Waals surface area contributed by atoms with Crippen LogP contribution in [0, 0.1) is 0 Å². The quantitative estimate of drug-likeness (QED) is 0.553. The second kappa shape index (κ2) is 14.4. The van der Waals surface area contributed by atoms with Crippen molar-refractivity contribution < 1.29 is 29.3 Å². The maximum absolute atomic E-state index is 12.6. The zero-order valence-corrected chi connectivity index (χ0v) is 19.4. The van der Waals surface area contributed by atoms with Crippen LogP contribution in [0.5, 0.6) is 5.75 Å². The molecule has 0 unspecified atom stereocenters. The monoisotopic (exact) mass is 456 g/mol. The van der Waals surface area contributed by atoms with E-state index in [-0.39, 0.29) is 12.1 Å². The molecule has 0 fully saturated rings. The van der Waals surface area contributed by atoms with Gasteiger partial charge in [-0.25, -0.2) is 14.4 Å². The Labute approximate surface area is 194 Å². The average Bonchev–Trinajstić information content (AvgIpc) is 2.78. The van der Waals surface area contributed by atoms with Crippen LogP contribution in [0.4, 0.5) is 4.79 Å². The molecule has 2 aromatic carbocycles. The predicted octanol–water partition coefficient (Wildman–Crippen LogP) is 3.78. The van der Waals surface area contributed by atoms with Crippen LogP contribution in [0.25, 0.3) is 0 Å². The number of carboxylic acids is 2. The molecule has 2 N–H and O–H groups in total. The number of likely N-dealkylation sites (N-methyl/N-ethyl adjacent to an activating group) is 1. The number of carbonyl (C=O) groups excluding carboxylic acids is 1. The molecule has 0 saturated heterocycles. The second-order valence-corrected chi connectivity index (χ2v) is 7.69. The van der Waals surface area contributed by atoms with E-state index in [4.69, 9.17) is 14.9 Å². The molecular formula is C25H32N2O6. The summed E-state index contributed by atoms with van der Waals surface area (Å²) >= 11 is 0. The van der Waals surface area contributed by atoms with Gasteiger partial charge >= 0.3 is 18.0 Å². The summed E-state index contributed by atoms with van der Waals surface area (Å²) in [5.41, 5.74) is 1.22. The molecule has 0 aromatic heterocycles. The Kier molecular flexibility index (Phi) is 12.0. The first kappa shape index (κ1) is 27.4. The molecule has 0 radical (unpaired) electrons. The fraction of sp³-hybridized carbons (Fsp3) is 0.320. The minimum absolute atomic E-state index is 0.0658. The van der Waals surface area contributed by atoms with Gasteiger partial charge in [0, 0.05) is 31.3 Å². The van der Waals surface area contributed by atoms with Crippen LogP contribution in [0.1, 0.15) is 18.9 Å². The SMILES string of the molecule is C[C@H](C[C@H](Cc1ccccc1)N(C)C(=O)Oc1ccccc1)N(C)C.O=C(O)/C=C/C(=O)O. The Morgan fingerprint density at radius 1 is 0.879 bits per heavy atom. The van der Waals surface area contributed by atoms with Crippen LogP contribution in [-0.4, -0.2) is 71.3 Å². The lowest BCUT2D eigenvalue weighted by Crippen LogP contribution is -2.43. The zero-order chi connectivity index (χ0) is 24.8. The summed E-state index contributed by atoms with van der Waals surface area (Å²) in [4.78, 5) is 35.6. The van der Waals surface area contributed by atoms with E-state index in [1.807, 2.05) is 43.4 Å². The number of carbonyl (C=O) groups is 3. The van der Waals surface area contributed by atoms with E-state index >= 15 is 0 Å². The van der Waals surface area contributed by atoms with Crippen molar-refractivity contribution >= 4 is 18.0 Å². The lowest BCUT2D eigenvalue weighted by molar-refractivity contribution is -0.134. The van der Waals surface area contributed by atoms with Gasteiger partial charge in [0.05, 0.1) is 0 Å². The van der Waals surface area contributed by atoms with Gasteiger partial charge in [-0.3, -0.25) is 0 Å². The molecule has 2 aromatic rings. The van der Waals surface area contributed by atoms with Gasteiger partial charge in [-0.05, 0) is 51.6 Å². The normalized spacial score (nSPS) is 12.4. The number of benzene rings is 2. The van der Waals surface area contributed by atoms with Gasteiger partial charge in [-0.1, -0.05) is 48.5 Å². The fourth-order valence-corrected chi connectivity index (χ4v) is 2.82. The first-order chi connectivity index (χ1) is 15.6. The van der Waals surface area contributed by atoms with Gasteiger partial charge in [-0.2, -0.15) is 0 Å². The number of hydrogen-bond acceptors (Lipinski definition) is 5. The largest absolute Gasteiger partial charge is 0.478 e. The topological polar surface area (TPSA) is 107 Å². The molecule has 2 atom stereocenters. The third-order valence-corrected chi connectivity index (χ3v) is 4.96. The van der Waals surface area contributed by atoms with E-state index in [0.717, 1.165) is 12.8 Å². The van der Waals surface area contributed by atoms with Crippen molar-refractivity contribution in [2.24, 2.45) is 0 Å². The summed E-state index contributed by atoms with van der Waals surface area (Å²) < 4.78 is 5.51. The van der Waals surface area contributed by atoms with Crippen molar-refractivity contribution in [2.75, 3.05) is 21.1 Å². The molecule has 0 spiro atoms. The molecule has 0 aliphatic heterocycles. The maximum atomic E-state index is 12.6. The lowest BCUT2D eigenvalue weighted by Gasteiger charge is -2.32. The number of ether oxygens (including phenoxy) is 1. The van der Waals surface area contributed by atoms with Gasteiger partial charge in [0.15, 0.2) is 0 Å². The molecule has 0 bridgehead atoms. The van der Waals surface area contributed by atoms with Crippen LogP contribution in [0.2, 0.25) is 0 Å². The second-order valence-electron chi connectivity index (χ2n) is 7.69. The van der Waals surface area contributed by atoms with Gasteiger partial charge in [-0.15, -0.1) is 0 Å². The summed E-state index contributed by atoms with van der Waals surface area (Å²) in [6, 6.07) is 19.9. The Morgan fingerprint density at radius 3 is 1.82 bits per heavy atom. The first-order valence-electron chi connectivity index (χ1n) is 10.4. The Morgan fingerprint density at radius 2 is 1.36 bits per heavy atom. The highest BCUT2D eigenvalue weighted by molar-refractivity contribution is 5.89. The summed E-state index contributed by atoms with van der Waals surface area (Å²) in [5, 5.41) is 15.6. The van der Waals surface area contributed by atoms with Gasteiger partial charge in [0.2, 0.25) is 0 Å². The number of amides is 1. The molecule has 33 heavy (non-hydrogen) atoms. The molecule has 0 aliphatic rings. The van der Waals surface area contributed by atoms with Crippen molar-refractivity contribution in [3.05, 3.63) is 78.4 Å². The Balaban J connectivity index is 0.000000582. The summed E-state index contributed by atoms with van der Waals surface area (Å²) in [6.45, 7) is 2.17. The van der Waals surface area contributed by atoms with E-state index in [9.17, 15) is 14.4 Å². The number of nitrogens with zero attached hydrogens (tertiary/aromatic N) is 2. The van der Waals surface area contributed by atoms with Crippen molar-refractivity contribution in [3.8, 4) is 5.75 Å². The highest BCUT2D eigenvalue weighted by atomic mass is 16.6. The number of carboxylic acid groups (broad SMARTS) is 2. The highest BCUT2D eigenvalue weighted by Crippen LogP contribution is 2.17. The average molecular weight is 457 g/mol. The minimum atomic E-state index is -1.26. The van der Waals surface area contributed by atoms with Crippen molar-refractivity contribution in [2.45, 2.75) is 31.8 Å². The van der Waals surface area contributed by atoms with E-state index in [1.54, 1.807) is 17.0 Å². The Bertz CT molecular complexity index is 884. The predicted molar refractivity (Wildman–Crippen MR) is 126 cm³/mol. The van der Waals surface area contributed by atoms with Gasteiger partial charge in [0.1, 0.15) is 5.75 Å². The van der Waals surface area contributed by atoms with Crippen LogP contribution in [0.15, 0.2) is 72.8 Å². The van der Waals surface area contributed by atoms with E-state index < -0.39 is 11.9 Å². The third-order valence-electron chi connectivity index (χ3n) is 4.96. The van der Waals surface area contributed by atoms with E-state index in [2.05, 4.69) is 38.1 Å². The minimum Gasteiger partial charge on any atom is -0.478 e. The smallest absolute Gasteiger partial charge is 0.415 e. The van der Waals surface area contributed by atoms with Gasteiger partial charge in [0.25, 0.3) is 0 Å². The molecule has 0 heterocycles. The highest BCUT2D eigenvalue weighted by Gasteiger charge is 2.24. The van der Waals surface area contributed by atoms with Crippen LogP contribution < -0.4 is 4.74 Å². The van der Waals surface area contributed by atoms with Gasteiger partial charge < -0.3 is 24.7 Å². The van der Waals surface area contributed by atoms with Crippen molar-refractivity contribution in [1.82, 2.24) is 9.80 Å². The molecule has 1 amide bonds. The van der Waals surface area contributed by atoms with Crippen LogP contribution >= 0.6 is 0 Å². The molecule has 0 saturated carbocycles. The maximum Gasteiger partial charge on any atom is 0.415 e. The molecular weight excluding hydrogens is 424 g/mol. The Hall–Kier alpha value is -3.65. The standard InChI is InChI=1S/C21H28N2O2.C4H4O4/c1-17(22(2)3)15-19(16-18-11-7-5-8-12-18)23(4)21(24)25-20-13-9-6-10-14-20;5-3(6)1-2-4(7)8/h5-14,17,19H,15-16H2,1-4H3;1-2H,(H,5,6)(H,7,8)/b;2-1+/t17-,19-;/m1./s1. The van der Waals surface area contributed by atoms with Crippen LogP contribution in [-0.2, 0) is 16.0 Å². The number of hydrogen-bond donors (Lipinski definition) is 2. The first-order valence-corrected chi connectivity index (χ1v) is 10.4. The molecule has 178 valence electrons. The molecule has 8 heteroatoms. The number of para-hydroxylation sites is 1. The zero-order valence-electron chi connectivity index (χ0n) is 19.4. The molecule has 8 nitrogen and oxygen atoms in total.